The Morgan fingerprint density at radius 2 is 1.53 bits per heavy atom. The molecule has 3 aromatic carbocycles. The number of carboxylic acids is 1. The lowest BCUT2D eigenvalue weighted by molar-refractivity contribution is -0.154. The van der Waals surface area contributed by atoms with Crippen molar-refractivity contribution in [3.63, 3.8) is 0 Å². The summed E-state index contributed by atoms with van der Waals surface area (Å²) in [4.78, 5) is 62.1. The van der Waals surface area contributed by atoms with Crippen LogP contribution in [0.15, 0.2) is 72.8 Å². The molecule has 6 rings (SSSR count). The minimum absolute atomic E-state index is 0.0187. The van der Waals surface area contributed by atoms with Gasteiger partial charge in [0.15, 0.2) is 6.61 Å². The number of aliphatic carboxylic acids is 1. The summed E-state index contributed by atoms with van der Waals surface area (Å²) >= 11 is 6.02. The number of halogens is 4. The van der Waals surface area contributed by atoms with E-state index in [4.69, 9.17) is 25.8 Å². The molecule has 20 heteroatoms. The topological polar surface area (TPSA) is 215 Å². The number of alkyl halides is 3. The minimum atomic E-state index is -4.65. The van der Waals surface area contributed by atoms with Crippen molar-refractivity contribution in [1.29, 1.82) is 0 Å². The SMILES string of the molecule is O=C(NC[C@H](NC(=O)c1ccc(Nc2nc(NC3(c4ccc(Cl)cc4)CC3)nc(OCC(F)(F)F)n2)cc1)C(=O)O)C(=O)Nc1ccc(OC2CCOCC2)cc1. The zero-order chi connectivity index (χ0) is 40.6. The molecule has 1 aliphatic heterocycles. The van der Waals surface area contributed by atoms with E-state index >= 15 is 0 Å². The second kappa shape index (κ2) is 17.7. The molecule has 2 heterocycles. The van der Waals surface area contributed by atoms with Crippen molar-refractivity contribution in [3.05, 3.63) is 88.9 Å². The van der Waals surface area contributed by atoms with Gasteiger partial charge in [-0.25, -0.2) is 4.79 Å². The van der Waals surface area contributed by atoms with E-state index in [1.807, 2.05) is 12.1 Å². The van der Waals surface area contributed by atoms with E-state index in [1.165, 1.54) is 24.3 Å². The highest BCUT2D eigenvalue weighted by molar-refractivity contribution is 6.39. The number of carbonyl (C=O) groups excluding carboxylic acids is 3. The Bertz CT molecular complexity index is 2070. The zero-order valence-electron chi connectivity index (χ0n) is 29.9. The smallest absolute Gasteiger partial charge is 0.422 e. The molecule has 1 aliphatic carbocycles. The molecule has 0 spiro atoms. The number of carboxylic acid groups (broad SMARTS) is 1. The minimum Gasteiger partial charge on any atom is -0.490 e. The molecular weight excluding hydrogens is 777 g/mol. The van der Waals surface area contributed by atoms with Crippen LogP contribution in [0.3, 0.4) is 0 Å². The Morgan fingerprint density at radius 3 is 2.16 bits per heavy atom. The summed E-state index contributed by atoms with van der Waals surface area (Å²) in [6.45, 7) is -1.02. The molecule has 16 nitrogen and oxygen atoms in total. The number of carbonyl (C=O) groups is 4. The summed E-state index contributed by atoms with van der Waals surface area (Å²) in [6.07, 6.45) is -1.73. The fourth-order valence-corrected chi connectivity index (χ4v) is 5.74. The third-order valence-electron chi connectivity index (χ3n) is 8.74. The first kappa shape index (κ1) is 40.5. The number of aromatic nitrogens is 3. The Kier molecular flexibility index (Phi) is 12.6. The molecule has 3 amide bonds. The molecule has 300 valence electrons. The molecule has 1 saturated heterocycles. The van der Waals surface area contributed by atoms with Gasteiger partial charge in [-0.1, -0.05) is 23.7 Å². The van der Waals surface area contributed by atoms with Gasteiger partial charge in [0.25, 0.3) is 5.91 Å². The monoisotopic (exact) mass is 812 g/mol. The van der Waals surface area contributed by atoms with Crippen molar-refractivity contribution in [1.82, 2.24) is 25.6 Å². The van der Waals surface area contributed by atoms with Crippen LogP contribution in [0.4, 0.5) is 36.4 Å². The fourth-order valence-electron chi connectivity index (χ4n) is 5.61. The molecule has 1 atom stereocenters. The summed E-state index contributed by atoms with van der Waals surface area (Å²) in [7, 11) is 0. The highest BCUT2D eigenvalue weighted by atomic mass is 35.5. The Balaban J connectivity index is 1.03. The number of benzene rings is 3. The van der Waals surface area contributed by atoms with E-state index < -0.39 is 60.6 Å². The lowest BCUT2D eigenvalue weighted by Gasteiger charge is -2.23. The number of hydrogen-bond donors (Lipinski definition) is 6. The van der Waals surface area contributed by atoms with Crippen molar-refractivity contribution in [3.8, 4) is 11.8 Å². The molecule has 1 aromatic heterocycles. The normalized spacial score (nSPS) is 15.4. The van der Waals surface area contributed by atoms with Crippen LogP contribution in [0.2, 0.25) is 5.02 Å². The van der Waals surface area contributed by atoms with Gasteiger partial charge in [0, 0.05) is 41.3 Å². The standard InChI is InChI=1S/C37H36ClF3N8O8/c38-23-5-3-22(4-6-23)36(15-16-36)49-34-46-33(47-35(48-34)56-20-37(39,40)41)44-25-7-1-21(2-8-25)29(50)45-28(32(53)54)19-42-30(51)31(52)43-24-9-11-26(12-10-24)57-27-13-17-55-18-14-27/h1-12,27-28H,13-20H2,(H,42,51)(H,43,52)(H,45,50)(H,53,54)(H2,44,46,47,48,49)/t28-/m0/s1. The van der Waals surface area contributed by atoms with Crippen LogP contribution in [-0.4, -0.2) is 88.4 Å². The fraction of sp³-hybridized carbons (Fsp3) is 0.324. The van der Waals surface area contributed by atoms with Crippen molar-refractivity contribution >= 4 is 58.6 Å². The predicted molar refractivity (Wildman–Crippen MR) is 199 cm³/mol. The molecule has 0 unspecified atom stereocenters. The number of rotatable bonds is 15. The van der Waals surface area contributed by atoms with E-state index in [2.05, 4.69) is 41.5 Å². The first-order valence-corrected chi connectivity index (χ1v) is 18.0. The number of ether oxygens (including phenoxy) is 3. The average molecular weight is 813 g/mol. The molecule has 1 saturated carbocycles. The van der Waals surface area contributed by atoms with Crippen molar-refractivity contribution in [2.45, 2.75) is 49.5 Å². The number of nitrogens with zero attached hydrogens (tertiary/aromatic N) is 3. The van der Waals surface area contributed by atoms with Gasteiger partial charge in [0.1, 0.15) is 17.9 Å². The highest BCUT2D eigenvalue weighted by Gasteiger charge is 2.45. The Hall–Kier alpha value is -6.21. The van der Waals surface area contributed by atoms with Gasteiger partial charge in [-0.2, -0.15) is 28.1 Å². The van der Waals surface area contributed by atoms with Crippen LogP contribution in [-0.2, 0) is 24.7 Å². The van der Waals surface area contributed by atoms with Crippen LogP contribution in [0.25, 0.3) is 0 Å². The lowest BCUT2D eigenvalue weighted by Crippen LogP contribution is -2.50. The van der Waals surface area contributed by atoms with Crippen LogP contribution in [0.1, 0.15) is 41.6 Å². The van der Waals surface area contributed by atoms with Gasteiger partial charge in [-0.15, -0.1) is 0 Å². The molecule has 2 aliphatic rings. The maximum Gasteiger partial charge on any atom is 0.422 e. The van der Waals surface area contributed by atoms with Gasteiger partial charge >= 0.3 is 30.0 Å². The van der Waals surface area contributed by atoms with Crippen LogP contribution < -0.4 is 36.1 Å². The van der Waals surface area contributed by atoms with E-state index in [1.54, 1.807) is 36.4 Å². The van der Waals surface area contributed by atoms with E-state index in [0.717, 1.165) is 18.4 Å². The number of nitrogens with one attached hydrogen (secondary N) is 5. The van der Waals surface area contributed by atoms with E-state index in [-0.39, 0.29) is 23.6 Å². The summed E-state index contributed by atoms with van der Waals surface area (Å²) in [5.41, 5.74) is 0.931. The average Bonchev–Trinajstić information content (AvgIpc) is 3.96. The first-order chi connectivity index (χ1) is 27.2. The second-order valence-corrected chi connectivity index (χ2v) is 13.5. The summed E-state index contributed by atoms with van der Waals surface area (Å²) in [6, 6.07) is 16.8. The maximum atomic E-state index is 13.0. The second-order valence-electron chi connectivity index (χ2n) is 13.1. The van der Waals surface area contributed by atoms with Gasteiger partial charge in [-0.05, 0) is 79.1 Å². The molecule has 2 fully saturated rings. The molecular formula is C37H36ClF3N8O8. The van der Waals surface area contributed by atoms with Crippen LogP contribution in [0.5, 0.6) is 11.8 Å². The molecule has 0 radical (unpaired) electrons. The summed E-state index contributed by atoms with van der Waals surface area (Å²) in [5, 5.41) is 23.1. The highest BCUT2D eigenvalue weighted by Crippen LogP contribution is 2.48. The maximum absolute atomic E-state index is 13.0. The first-order valence-electron chi connectivity index (χ1n) is 17.6. The molecule has 4 aromatic rings. The zero-order valence-corrected chi connectivity index (χ0v) is 30.7. The Morgan fingerprint density at radius 1 is 0.877 bits per heavy atom. The van der Waals surface area contributed by atoms with Crippen LogP contribution in [0, 0.1) is 0 Å². The largest absolute Gasteiger partial charge is 0.490 e. The van der Waals surface area contributed by atoms with E-state index in [0.29, 0.717) is 48.2 Å². The quantitative estimate of drug-likeness (QED) is 0.0891. The van der Waals surface area contributed by atoms with Gasteiger partial charge in [-0.3, -0.25) is 14.4 Å². The summed E-state index contributed by atoms with van der Waals surface area (Å²) in [5.74, 6) is -4.12. The predicted octanol–water partition coefficient (Wildman–Crippen LogP) is 4.81. The van der Waals surface area contributed by atoms with Crippen molar-refractivity contribution in [2.75, 3.05) is 42.3 Å². The molecule has 6 N–H and O–H groups in total. The van der Waals surface area contributed by atoms with E-state index in [9.17, 15) is 37.5 Å². The number of anilines is 4. The van der Waals surface area contributed by atoms with Gasteiger partial charge in [0.2, 0.25) is 11.9 Å². The third kappa shape index (κ3) is 11.7. The number of amides is 3. The van der Waals surface area contributed by atoms with Crippen molar-refractivity contribution < 1.29 is 51.7 Å². The Labute approximate surface area is 327 Å². The molecule has 0 bridgehead atoms. The molecule has 57 heavy (non-hydrogen) atoms. The van der Waals surface area contributed by atoms with Gasteiger partial charge in [0.05, 0.1) is 18.8 Å². The summed E-state index contributed by atoms with van der Waals surface area (Å²) < 4.78 is 54.9. The number of hydrogen-bond acceptors (Lipinski definition) is 12. The van der Waals surface area contributed by atoms with Gasteiger partial charge < -0.3 is 45.9 Å². The van der Waals surface area contributed by atoms with Crippen molar-refractivity contribution in [2.24, 2.45) is 0 Å². The lowest BCUT2D eigenvalue weighted by atomic mass is 10.1. The van der Waals surface area contributed by atoms with Crippen LogP contribution >= 0.6 is 11.6 Å². The third-order valence-corrected chi connectivity index (χ3v) is 8.99.